The number of rotatable bonds is 13. The first-order valence-electron chi connectivity index (χ1n) is 17.0. The van der Waals surface area contributed by atoms with Gasteiger partial charge in [0.15, 0.2) is 29.4 Å². The first-order valence-corrected chi connectivity index (χ1v) is 19.9. The Morgan fingerprint density at radius 3 is 2.67 bits per heavy atom. The van der Waals surface area contributed by atoms with Crippen LogP contribution in [0.4, 0.5) is 10.5 Å². The molecule has 10 nitrogen and oxygen atoms in total. The molecule has 5 aromatic rings. The lowest BCUT2D eigenvalue weighted by Gasteiger charge is -2.46. The van der Waals surface area contributed by atoms with Gasteiger partial charge in [-0.1, -0.05) is 94.7 Å². The number of alkyl carbamates (subject to hydrolysis) is 1. The largest absolute Gasteiger partial charge is 0.445 e. The smallest absolute Gasteiger partial charge is 0.407 e. The molecule has 8 rings (SSSR count). The van der Waals surface area contributed by atoms with Crippen molar-refractivity contribution in [3.63, 3.8) is 0 Å². The maximum atomic E-state index is 12.6. The second kappa shape index (κ2) is 14.7. The van der Waals surface area contributed by atoms with Gasteiger partial charge in [-0.05, 0) is 53.6 Å². The summed E-state index contributed by atoms with van der Waals surface area (Å²) in [5, 5.41) is 18.3. The van der Waals surface area contributed by atoms with E-state index >= 15 is 0 Å². The summed E-state index contributed by atoms with van der Waals surface area (Å²) in [5.41, 5.74) is 7.88. The Bertz CT molecular complexity index is 2140. The number of thiazole rings is 1. The van der Waals surface area contributed by atoms with Crippen molar-refractivity contribution in [1.29, 1.82) is 0 Å². The summed E-state index contributed by atoms with van der Waals surface area (Å²) in [6.07, 6.45) is 3.23. The van der Waals surface area contributed by atoms with Crippen molar-refractivity contribution < 1.29 is 33.6 Å². The number of hydrogen-bond acceptors (Lipinski definition) is 10. The number of fused-ring (bicyclic) bond motifs is 4. The molecule has 14 heteroatoms. The number of carbonyl (C=O) groups is 1. The van der Waals surface area contributed by atoms with Crippen molar-refractivity contribution in [1.82, 2.24) is 15.3 Å². The van der Waals surface area contributed by atoms with E-state index in [4.69, 9.17) is 26.4 Å². The number of hydrogen-bond donors (Lipinski definition) is 3. The minimum Gasteiger partial charge on any atom is -0.445 e. The van der Waals surface area contributed by atoms with Gasteiger partial charge in [-0.25, -0.2) is 14.5 Å². The average Bonchev–Trinajstić information content (AvgIpc) is 3.70. The highest BCUT2D eigenvalue weighted by molar-refractivity contribution is 8.03. The number of halogens is 1. The van der Waals surface area contributed by atoms with Crippen LogP contribution in [0.1, 0.15) is 30.3 Å². The Kier molecular flexibility index (Phi) is 10.1. The summed E-state index contributed by atoms with van der Waals surface area (Å²) < 4.78 is 14.2. The molecule has 1 aromatic heterocycles. The van der Waals surface area contributed by atoms with Gasteiger partial charge in [0, 0.05) is 54.3 Å². The normalized spacial score (nSPS) is 23.6. The van der Waals surface area contributed by atoms with Crippen molar-refractivity contribution in [3.05, 3.63) is 118 Å². The monoisotopic (exact) mass is 776 g/mol. The van der Waals surface area contributed by atoms with Crippen LogP contribution >= 0.6 is 46.7 Å². The molecule has 0 bridgehead atoms. The molecule has 2 fully saturated rings. The molecule has 52 heavy (non-hydrogen) atoms. The lowest BCUT2D eigenvalue weighted by Crippen LogP contribution is -2.73. The fourth-order valence-electron chi connectivity index (χ4n) is 7.34. The second-order valence-electron chi connectivity index (χ2n) is 13.2. The lowest BCUT2D eigenvalue weighted by molar-refractivity contribution is -0.668. The zero-order valence-corrected chi connectivity index (χ0v) is 31.5. The molecule has 4 aromatic carbocycles. The Hall–Kier alpha value is -3.47. The standard InChI is InChI=1S/C38H35ClN4O6S3/c1-37(17-18-40-36(44)46-24-26-9-4-2-5-10-26)38(41-47-37)25-43(38)31-22-29(39)14-16-33(31)52-35(43)23-34-42(19-8-20-50-49-48-45)30-21-28(13-15-32(30)51-34)27-11-6-3-7-12-27/h2-7,9-16,21-23,41H,8,17-20,24-25H2,1H3/p+2. The van der Waals surface area contributed by atoms with E-state index in [-0.39, 0.29) is 6.61 Å². The summed E-state index contributed by atoms with van der Waals surface area (Å²) in [6, 6.07) is 32.8. The molecule has 4 heterocycles. The average molecular weight is 777 g/mol. The van der Waals surface area contributed by atoms with Crippen LogP contribution in [0.3, 0.4) is 0 Å². The number of nitrogens with zero attached hydrogens (tertiary/aromatic N) is 2. The van der Waals surface area contributed by atoms with Gasteiger partial charge in [0.05, 0.1) is 11.0 Å². The van der Waals surface area contributed by atoms with Crippen LogP contribution in [0, 0.1) is 0 Å². The molecule has 2 saturated heterocycles. The van der Waals surface area contributed by atoms with E-state index in [1.807, 2.05) is 42.5 Å². The van der Waals surface area contributed by atoms with Gasteiger partial charge in [0.2, 0.25) is 5.52 Å². The highest BCUT2D eigenvalue weighted by Gasteiger charge is 2.88. The highest BCUT2D eigenvalue weighted by atomic mass is 35.5. The number of quaternary nitrogens is 1. The molecule has 3 aliphatic heterocycles. The molecule has 1 amide bonds. The Labute approximate surface area is 318 Å². The molecule has 2 spiro atoms. The number of amides is 1. The van der Waals surface area contributed by atoms with Crippen LogP contribution in [-0.2, 0) is 32.1 Å². The number of aromatic nitrogens is 1. The molecule has 3 atom stereocenters. The van der Waals surface area contributed by atoms with E-state index < -0.39 is 17.4 Å². The van der Waals surface area contributed by atoms with Gasteiger partial charge in [-0.15, -0.1) is 9.81 Å². The summed E-state index contributed by atoms with van der Waals surface area (Å²) in [4.78, 5) is 19.9. The summed E-state index contributed by atoms with van der Waals surface area (Å²) in [6.45, 7) is 4.22. The minimum absolute atomic E-state index is 0.212. The molecular formula is C38H37ClN4O6S3+2. The predicted octanol–water partition coefficient (Wildman–Crippen LogP) is 8.70. The summed E-state index contributed by atoms with van der Waals surface area (Å²) in [7, 11) is 0. The first-order chi connectivity index (χ1) is 25.4. The maximum Gasteiger partial charge on any atom is 0.407 e. The third-order valence-corrected chi connectivity index (χ3v) is 13.3. The molecule has 3 aliphatic rings. The van der Waals surface area contributed by atoms with Crippen molar-refractivity contribution in [2.45, 2.75) is 49.1 Å². The third kappa shape index (κ3) is 6.42. The van der Waals surface area contributed by atoms with E-state index in [0.29, 0.717) is 28.2 Å². The van der Waals surface area contributed by atoms with E-state index in [1.165, 1.54) is 9.73 Å². The minimum atomic E-state index is -0.587. The highest BCUT2D eigenvalue weighted by Crippen LogP contribution is 2.69. The molecule has 0 aliphatic carbocycles. The van der Waals surface area contributed by atoms with Gasteiger partial charge >= 0.3 is 6.09 Å². The topological polar surface area (TPSA) is 102 Å². The number of aryl methyl sites for hydroxylation is 1. The van der Waals surface area contributed by atoms with Gasteiger partial charge in [-0.2, -0.15) is 4.57 Å². The number of benzene rings is 4. The maximum absolute atomic E-state index is 12.6. The van der Waals surface area contributed by atoms with Crippen LogP contribution in [0.5, 0.6) is 0 Å². The summed E-state index contributed by atoms with van der Waals surface area (Å²) >= 11 is 11.2. The van der Waals surface area contributed by atoms with Crippen molar-refractivity contribution in [3.8, 4) is 11.1 Å². The second-order valence-corrected chi connectivity index (χ2v) is 16.5. The molecular weight excluding hydrogens is 740 g/mol. The van der Waals surface area contributed by atoms with E-state index in [0.717, 1.165) is 69.4 Å². The third-order valence-electron chi connectivity index (χ3n) is 10.1. The SMILES string of the molecule is CC1(CCNC(=O)OCc2ccccc2)ONC12C[N+]21C(=Cc2sc3ccc(-c4ccccc4)cc3[n+]2CCCSOOO)Sc2ccc(Cl)cc21. The Morgan fingerprint density at radius 2 is 1.90 bits per heavy atom. The van der Waals surface area contributed by atoms with E-state index in [1.54, 1.807) is 23.1 Å². The summed E-state index contributed by atoms with van der Waals surface area (Å²) in [5.74, 6) is 0.633. The van der Waals surface area contributed by atoms with Crippen molar-refractivity contribution in [2.75, 3.05) is 18.8 Å². The van der Waals surface area contributed by atoms with Crippen LogP contribution in [-0.4, -0.2) is 41.5 Å². The van der Waals surface area contributed by atoms with Crippen LogP contribution in [0.15, 0.2) is 107 Å². The van der Waals surface area contributed by atoms with E-state index in [2.05, 4.69) is 92.3 Å². The van der Waals surface area contributed by atoms with Crippen molar-refractivity contribution >= 4 is 74.8 Å². The van der Waals surface area contributed by atoms with Crippen LogP contribution in [0.25, 0.3) is 27.4 Å². The van der Waals surface area contributed by atoms with Gasteiger partial charge in [0.25, 0.3) is 10.7 Å². The first kappa shape index (κ1) is 35.6. The van der Waals surface area contributed by atoms with Gasteiger partial charge in [-0.3, -0.25) is 4.84 Å². The molecule has 268 valence electrons. The Morgan fingerprint density at radius 1 is 1.10 bits per heavy atom. The zero-order chi connectivity index (χ0) is 35.8. The molecule has 0 radical (unpaired) electrons. The number of thioether (sulfide) groups is 1. The van der Waals surface area contributed by atoms with Crippen LogP contribution in [0.2, 0.25) is 5.02 Å². The predicted molar refractivity (Wildman–Crippen MR) is 206 cm³/mol. The number of carbonyl (C=O) groups excluding carboxylic acids is 1. The molecule has 3 N–H and O–H groups in total. The Balaban J connectivity index is 1.09. The molecule has 0 saturated carbocycles. The lowest BCUT2D eigenvalue weighted by atomic mass is 9.89. The van der Waals surface area contributed by atoms with E-state index in [9.17, 15) is 4.79 Å². The fourth-order valence-corrected chi connectivity index (χ4v) is 10.4. The van der Waals surface area contributed by atoms with Crippen LogP contribution < -0.4 is 19.8 Å². The quantitative estimate of drug-likeness (QED) is 0.0206. The molecule has 3 unspecified atom stereocenters. The number of nitrogens with one attached hydrogen (secondary N) is 2. The number of hydroxylamine groups is 1. The van der Waals surface area contributed by atoms with Crippen molar-refractivity contribution in [2.24, 2.45) is 0 Å². The fraction of sp³-hybridized carbons (Fsp3) is 0.263. The van der Waals surface area contributed by atoms with Gasteiger partial charge < -0.3 is 10.1 Å². The van der Waals surface area contributed by atoms with Gasteiger partial charge in [0.1, 0.15) is 11.3 Å². The zero-order valence-electron chi connectivity index (χ0n) is 28.3. The number of ether oxygens (including phenoxy) is 1.